The molecule has 0 aliphatic heterocycles. The Kier molecular flexibility index (Phi) is 3.59. The van der Waals surface area contributed by atoms with Crippen molar-refractivity contribution in [1.29, 1.82) is 0 Å². The molecule has 6 heteroatoms. The largest absolute Gasteiger partial charge is 0.573 e. The van der Waals surface area contributed by atoms with Crippen LogP contribution in [0.5, 0.6) is 5.75 Å². The van der Waals surface area contributed by atoms with Gasteiger partial charge in [-0.15, -0.1) is 13.2 Å². The zero-order chi connectivity index (χ0) is 13.9. The Morgan fingerprint density at radius 3 is 2.11 bits per heavy atom. The van der Waals surface area contributed by atoms with Gasteiger partial charge in [0.15, 0.2) is 5.43 Å². The molecule has 0 fully saturated rings. The molecule has 0 bridgehead atoms. The predicted molar refractivity (Wildman–Crippen MR) is 62.9 cm³/mol. The fraction of sp³-hybridized carbons (Fsp3) is 0.154. The average molecular weight is 269 g/mol. The van der Waals surface area contributed by atoms with Crippen molar-refractivity contribution in [2.75, 3.05) is 0 Å². The number of rotatable bonds is 3. The second-order valence-corrected chi connectivity index (χ2v) is 3.90. The first-order chi connectivity index (χ1) is 8.92. The summed E-state index contributed by atoms with van der Waals surface area (Å²) >= 11 is 0. The first-order valence-electron chi connectivity index (χ1n) is 5.43. The van der Waals surface area contributed by atoms with E-state index in [1.807, 2.05) is 0 Å². The Bertz CT molecular complexity index is 582. The van der Waals surface area contributed by atoms with Gasteiger partial charge in [-0.05, 0) is 17.7 Å². The molecule has 2 aromatic rings. The molecule has 0 saturated carbocycles. The monoisotopic (exact) mass is 269 g/mol. The molecule has 1 aromatic heterocycles. The highest BCUT2D eigenvalue weighted by Crippen LogP contribution is 2.22. The Hall–Kier alpha value is -2.24. The number of hydrogen-bond acceptors (Lipinski definition) is 2. The average Bonchev–Trinajstić information content (AvgIpc) is 2.33. The van der Waals surface area contributed by atoms with Crippen LogP contribution in [-0.2, 0) is 6.54 Å². The van der Waals surface area contributed by atoms with Gasteiger partial charge in [0.1, 0.15) is 5.75 Å². The van der Waals surface area contributed by atoms with Crippen molar-refractivity contribution < 1.29 is 17.9 Å². The van der Waals surface area contributed by atoms with Crippen LogP contribution in [0.4, 0.5) is 13.2 Å². The van der Waals surface area contributed by atoms with Gasteiger partial charge in [-0.25, -0.2) is 0 Å². The number of nitrogens with zero attached hydrogens (tertiary/aromatic N) is 1. The molecular formula is C13H10F3NO2. The van der Waals surface area contributed by atoms with Gasteiger partial charge in [0.25, 0.3) is 0 Å². The van der Waals surface area contributed by atoms with Crippen molar-refractivity contribution in [2.45, 2.75) is 12.9 Å². The lowest BCUT2D eigenvalue weighted by molar-refractivity contribution is -0.274. The van der Waals surface area contributed by atoms with Crippen molar-refractivity contribution in [3.63, 3.8) is 0 Å². The molecule has 0 aliphatic carbocycles. The second-order valence-electron chi connectivity index (χ2n) is 3.90. The molecule has 0 N–H and O–H groups in total. The molecule has 19 heavy (non-hydrogen) atoms. The summed E-state index contributed by atoms with van der Waals surface area (Å²) < 4.78 is 41.4. The highest BCUT2D eigenvalue weighted by molar-refractivity contribution is 5.27. The van der Waals surface area contributed by atoms with Crippen LogP contribution in [0.3, 0.4) is 0 Å². The Morgan fingerprint density at radius 1 is 1.00 bits per heavy atom. The van der Waals surface area contributed by atoms with Gasteiger partial charge in [-0.1, -0.05) is 12.1 Å². The third-order valence-corrected chi connectivity index (χ3v) is 2.38. The van der Waals surface area contributed by atoms with Crippen molar-refractivity contribution in [2.24, 2.45) is 0 Å². The van der Waals surface area contributed by atoms with E-state index >= 15 is 0 Å². The molecule has 100 valence electrons. The number of halogens is 3. The van der Waals surface area contributed by atoms with E-state index in [1.165, 1.54) is 24.3 Å². The van der Waals surface area contributed by atoms with E-state index in [0.29, 0.717) is 6.54 Å². The van der Waals surface area contributed by atoms with E-state index in [-0.39, 0.29) is 11.2 Å². The SMILES string of the molecule is O=c1ccn(Cc2ccc(OC(F)(F)F)cc2)cc1. The summed E-state index contributed by atoms with van der Waals surface area (Å²) in [7, 11) is 0. The zero-order valence-electron chi connectivity index (χ0n) is 9.72. The van der Waals surface area contributed by atoms with Crippen LogP contribution in [0.2, 0.25) is 0 Å². The maximum absolute atomic E-state index is 12.0. The Morgan fingerprint density at radius 2 is 1.58 bits per heavy atom. The molecule has 0 unspecified atom stereocenters. The van der Waals surface area contributed by atoms with Crippen LogP contribution in [0.1, 0.15) is 5.56 Å². The second kappa shape index (κ2) is 5.17. The molecule has 1 heterocycles. The molecule has 0 radical (unpaired) electrons. The predicted octanol–water partition coefficient (Wildman–Crippen LogP) is 2.80. The summed E-state index contributed by atoms with van der Waals surface area (Å²) in [5, 5.41) is 0. The topological polar surface area (TPSA) is 31.2 Å². The van der Waals surface area contributed by atoms with Crippen LogP contribution in [0.25, 0.3) is 0 Å². The number of alkyl halides is 3. The van der Waals surface area contributed by atoms with Gasteiger partial charge in [0.05, 0.1) is 0 Å². The molecule has 1 aromatic carbocycles. The van der Waals surface area contributed by atoms with E-state index in [1.54, 1.807) is 29.1 Å². The quantitative estimate of drug-likeness (QED) is 0.858. The maximum atomic E-state index is 12.0. The summed E-state index contributed by atoms with van der Waals surface area (Å²) in [6, 6.07) is 8.43. The third-order valence-electron chi connectivity index (χ3n) is 2.38. The van der Waals surface area contributed by atoms with E-state index < -0.39 is 6.36 Å². The Labute approximate surface area is 106 Å². The van der Waals surface area contributed by atoms with E-state index in [4.69, 9.17) is 0 Å². The molecule has 0 saturated heterocycles. The minimum Gasteiger partial charge on any atom is -0.406 e. The zero-order valence-corrected chi connectivity index (χ0v) is 9.72. The van der Waals surface area contributed by atoms with Crippen molar-refractivity contribution in [3.05, 3.63) is 64.6 Å². The molecule has 0 atom stereocenters. The van der Waals surface area contributed by atoms with Gasteiger partial charge < -0.3 is 9.30 Å². The summed E-state index contributed by atoms with van der Waals surface area (Å²) in [6.07, 6.45) is -1.45. The summed E-state index contributed by atoms with van der Waals surface area (Å²) in [5.74, 6) is -0.254. The summed E-state index contributed by atoms with van der Waals surface area (Å²) in [5.41, 5.74) is 0.711. The van der Waals surface area contributed by atoms with Crippen molar-refractivity contribution >= 4 is 0 Å². The first-order valence-corrected chi connectivity index (χ1v) is 5.43. The maximum Gasteiger partial charge on any atom is 0.573 e. The molecule has 3 nitrogen and oxygen atoms in total. The molecule has 0 aliphatic rings. The summed E-state index contributed by atoms with van der Waals surface area (Å²) in [6.45, 7) is 0.465. The normalized spacial score (nSPS) is 11.3. The number of hydrogen-bond donors (Lipinski definition) is 0. The fourth-order valence-corrected chi connectivity index (χ4v) is 1.56. The van der Waals surface area contributed by atoms with Crippen LogP contribution in [0.15, 0.2) is 53.6 Å². The number of benzene rings is 1. The lowest BCUT2D eigenvalue weighted by Gasteiger charge is -2.10. The minimum absolute atomic E-state index is 0.0924. The fourth-order valence-electron chi connectivity index (χ4n) is 1.56. The van der Waals surface area contributed by atoms with Gasteiger partial charge >= 0.3 is 6.36 Å². The molecule has 0 spiro atoms. The van der Waals surface area contributed by atoms with Gasteiger partial charge in [-0.2, -0.15) is 0 Å². The van der Waals surface area contributed by atoms with E-state index in [0.717, 1.165) is 5.56 Å². The molecule has 0 amide bonds. The van der Waals surface area contributed by atoms with Gasteiger partial charge in [-0.3, -0.25) is 4.79 Å². The van der Waals surface area contributed by atoms with Crippen molar-refractivity contribution in [3.8, 4) is 5.75 Å². The van der Waals surface area contributed by atoms with Gasteiger partial charge in [0, 0.05) is 31.1 Å². The minimum atomic E-state index is -4.68. The molecular weight excluding hydrogens is 259 g/mol. The number of aromatic nitrogens is 1. The number of pyridine rings is 1. The van der Waals surface area contributed by atoms with Gasteiger partial charge in [0.2, 0.25) is 0 Å². The van der Waals surface area contributed by atoms with E-state index in [2.05, 4.69) is 4.74 Å². The lowest BCUT2D eigenvalue weighted by atomic mass is 10.2. The highest BCUT2D eigenvalue weighted by Gasteiger charge is 2.30. The van der Waals surface area contributed by atoms with Crippen LogP contribution >= 0.6 is 0 Å². The van der Waals surface area contributed by atoms with Crippen molar-refractivity contribution in [1.82, 2.24) is 4.57 Å². The van der Waals surface area contributed by atoms with Crippen LogP contribution < -0.4 is 10.2 Å². The lowest BCUT2D eigenvalue weighted by Crippen LogP contribution is -2.17. The van der Waals surface area contributed by atoms with Crippen LogP contribution in [-0.4, -0.2) is 10.9 Å². The standard InChI is InChI=1S/C13H10F3NO2/c14-13(15,16)19-12-3-1-10(2-4-12)9-17-7-5-11(18)6-8-17/h1-8H,9H2. The van der Waals surface area contributed by atoms with E-state index in [9.17, 15) is 18.0 Å². The smallest absolute Gasteiger partial charge is 0.406 e. The van der Waals surface area contributed by atoms with Crippen LogP contribution in [0, 0.1) is 0 Å². The third kappa shape index (κ3) is 4.17. The summed E-state index contributed by atoms with van der Waals surface area (Å²) in [4.78, 5) is 10.9. The molecule has 2 rings (SSSR count). The number of ether oxygens (including phenoxy) is 1. The first kappa shape index (κ1) is 13.2. The Balaban J connectivity index is 2.06. The highest BCUT2D eigenvalue weighted by atomic mass is 19.4.